The van der Waals surface area contributed by atoms with Gasteiger partial charge in [0.2, 0.25) is 0 Å². The number of carbonyl (C=O) groups excluding carboxylic acids is 1. The van der Waals surface area contributed by atoms with Gasteiger partial charge in [0.1, 0.15) is 17.4 Å². The molecule has 3 rings (SSSR count). The molecule has 5 nitrogen and oxygen atoms in total. The molecule has 6 heteroatoms. The zero-order valence-electron chi connectivity index (χ0n) is 12.3. The number of carbonyl (C=O) groups is 1. The van der Waals surface area contributed by atoms with Crippen LogP contribution in [-0.4, -0.2) is 17.6 Å². The first-order chi connectivity index (χ1) is 11.2. The van der Waals surface area contributed by atoms with E-state index in [1.807, 2.05) is 30.3 Å². The Bertz CT molecular complexity index is 898. The summed E-state index contributed by atoms with van der Waals surface area (Å²) in [5.41, 5.74) is 0.808. The molecular weight excluding hydrogens is 312 g/mol. The van der Waals surface area contributed by atoms with Crippen molar-refractivity contribution in [3.8, 4) is 16.8 Å². The topological polar surface area (TPSA) is 76.1 Å². The quantitative estimate of drug-likeness (QED) is 0.411. The van der Waals surface area contributed by atoms with Gasteiger partial charge < -0.3 is 9.15 Å². The van der Waals surface area contributed by atoms with Crippen LogP contribution in [0.25, 0.3) is 27.1 Å². The Morgan fingerprint density at radius 3 is 2.96 bits per heavy atom. The predicted octanol–water partition coefficient (Wildman–Crippen LogP) is 4.03. The van der Waals surface area contributed by atoms with Gasteiger partial charge in [-0.05, 0) is 31.2 Å². The molecule has 0 saturated carbocycles. The van der Waals surface area contributed by atoms with Gasteiger partial charge in [-0.3, -0.25) is 0 Å². The molecule has 2 aromatic heterocycles. The molecule has 0 atom stereocenters. The second kappa shape index (κ2) is 6.46. The number of aromatic nitrogens is 1. The molecule has 0 spiro atoms. The number of furan rings is 1. The largest absolute Gasteiger partial charge is 0.462 e. The summed E-state index contributed by atoms with van der Waals surface area (Å²) in [5, 5.41) is 9.78. The number of rotatable bonds is 4. The fourth-order valence-electron chi connectivity index (χ4n) is 2.01. The smallest absolute Gasteiger partial charge is 0.349 e. The van der Waals surface area contributed by atoms with Crippen molar-refractivity contribution < 1.29 is 13.9 Å². The van der Waals surface area contributed by atoms with E-state index in [0.29, 0.717) is 11.5 Å². The van der Waals surface area contributed by atoms with E-state index in [9.17, 15) is 4.79 Å². The Morgan fingerprint density at radius 1 is 1.39 bits per heavy atom. The van der Waals surface area contributed by atoms with Crippen molar-refractivity contribution in [2.75, 3.05) is 6.61 Å². The van der Waals surface area contributed by atoms with Gasteiger partial charge in [-0.25, -0.2) is 9.78 Å². The molecule has 0 fully saturated rings. The third-order valence-corrected chi connectivity index (χ3v) is 4.08. The number of thiazole rings is 1. The van der Waals surface area contributed by atoms with Crippen LogP contribution in [0.4, 0.5) is 0 Å². The summed E-state index contributed by atoms with van der Waals surface area (Å²) >= 11 is 1.52. The van der Waals surface area contributed by atoms with E-state index in [1.54, 1.807) is 19.1 Å². The summed E-state index contributed by atoms with van der Waals surface area (Å²) in [6.07, 6.45) is 1.37. The molecule has 0 aliphatic rings. The maximum absolute atomic E-state index is 11.6. The maximum atomic E-state index is 11.6. The predicted molar refractivity (Wildman–Crippen MR) is 87.5 cm³/mol. The molecule has 0 aliphatic heterocycles. The van der Waals surface area contributed by atoms with E-state index < -0.39 is 5.97 Å². The van der Waals surface area contributed by atoms with Crippen molar-refractivity contribution in [3.05, 3.63) is 47.7 Å². The second-order valence-electron chi connectivity index (χ2n) is 4.58. The number of fused-ring (bicyclic) bond motifs is 1. The van der Waals surface area contributed by atoms with E-state index >= 15 is 0 Å². The van der Waals surface area contributed by atoms with Gasteiger partial charge in [-0.1, -0.05) is 12.1 Å². The number of hydrogen-bond acceptors (Lipinski definition) is 6. The number of nitriles is 1. The van der Waals surface area contributed by atoms with Gasteiger partial charge in [0.15, 0.2) is 10.8 Å². The maximum Gasteiger partial charge on any atom is 0.349 e. The summed E-state index contributed by atoms with van der Waals surface area (Å²) in [5.74, 6) is 0.343. The lowest BCUT2D eigenvalue weighted by Crippen LogP contribution is -2.05. The molecule has 0 amide bonds. The molecule has 2 heterocycles. The highest BCUT2D eigenvalue weighted by Crippen LogP contribution is 2.31. The van der Waals surface area contributed by atoms with Gasteiger partial charge in [0.05, 0.1) is 16.8 Å². The van der Waals surface area contributed by atoms with Crippen LogP contribution in [0.2, 0.25) is 0 Å². The van der Waals surface area contributed by atoms with Crippen LogP contribution in [0.5, 0.6) is 0 Å². The third kappa shape index (κ3) is 3.15. The lowest BCUT2D eigenvalue weighted by atomic mass is 10.2. The van der Waals surface area contributed by atoms with Gasteiger partial charge in [-0.2, -0.15) is 5.26 Å². The number of benzene rings is 1. The molecule has 0 aliphatic carbocycles. The Labute approximate surface area is 136 Å². The molecule has 0 unspecified atom stereocenters. The summed E-state index contributed by atoms with van der Waals surface area (Å²) in [6, 6.07) is 13.1. The minimum Gasteiger partial charge on any atom is -0.462 e. The first-order valence-electron chi connectivity index (χ1n) is 6.96. The zero-order chi connectivity index (χ0) is 16.2. The minimum atomic E-state index is -0.659. The molecule has 0 saturated heterocycles. The van der Waals surface area contributed by atoms with Crippen LogP contribution < -0.4 is 0 Å². The van der Waals surface area contributed by atoms with Crippen LogP contribution in [0.1, 0.15) is 12.7 Å². The van der Waals surface area contributed by atoms with Crippen molar-refractivity contribution in [1.29, 1.82) is 5.26 Å². The van der Waals surface area contributed by atoms with Crippen molar-refractivity contribution >= 4 is 33.6 Å². The number of para-hydroxylation sites is 1. The fourth-order valence-corrected chi connectivity index (χ4v) is 2.94. The van der Waals surface area contributed by atoms with E-state index in [4.69, 9.17) is 14.4 Å². The van der Waals surface area contributed by atoms with Crippen molar-refractivity contribution in [2.45, 2.75) is 6.92 Å². The summed E-state index contributed by atoms with van der Waals surface area (Å²) in [7, 11) is 0. The molecule has 3 aromatic rings. The Hall–Kier alpha value is -2.91. The van der Waals surface area contributed by atoms with E-state index in [-0.39, 0.29) is 12.2 Å². The zero-order valence-corrected chi connectivity index (χ0v) is 13.1. The molecule has 1 aromatic carbocycles. The monoisotopic (exact) mass is 324 g/mol. The highest BCUT2D eigenvalue weighted by Gasteiger charge is 2.13. The SMILES string of the molecule is CCOC(=O)/C(C#N)=C/c1ccc(-c2nc3ccccc3s2)o1. The average molecular weight is 324 g/mol. The van der Waals surface area contributed by atoms with Crippen molar-refractivity contribution in [3.63, 3.8) is 0 Å². The van der Waals surface area contributed by atoms with Gasteiger partial charge >= 0.3 is 5.97 Å². The van der Waals surface area contributed by atoms with Gasteiger partial charge in [0, 0.05) is 6.08 Å². The average Bonchev–Trinajstić information content (AvgIpc) is 3.19. The van der Waals surface area contributed by atoms with Crippen molar-refractivity contribution in [2.24, 2.45) is 0 Å². The van der Waals surface area contributed by atoms with E-state index in [1.165, 1.54) is 17.4 Å². The molecule has 23 heavy (non-hydrogen) atoms. The lowest BCUT2D eigenvalue weighted by Gasteiger charge is -1.98. The Kier molecular flexibility index (Phi) is 4.22. The number of esters is 1. The Morgan fingerprint density at radius 2 is 2.22 bits per heavy atom. The van der Waals surface area contributed by atoms with Crippen LogP contribution in [0.3, 0.4) is 0 Å². The number of hydrogen-bond donors (Lipinski definition) is 0. The fraction of sp³-hybridized carbons (Fsp3) is 0.118. The summed E-state index contributed by atoms with van der Waals surface area (Å²) < 4.78 is 11.6. The van der Waals surface area contributed by atoms with Crippen LogP contribution in [0, 0.1) is 11.3 Å². The standard InChI is InChI=1S/C17H12N2O3S/c1-2-21-17(20)11(10-18)9-12-7-8-14(22-12)16-19-13-5-3-4-6-15(13)23-16/h3-9H,2H2,1H3/b11-9+. The van der Waals surface area contributed by atoms with Crippen molar-refractivity contribution in [1.82, 2.24) is 4.98 Å². The summed E-state index contributed by atoms with van der Waals surface area (Å²) in [4.78, 5) is 16.1. The molecule has 0 N–H and O–H groups in total. The first-order valence-corrected chi connectivity index (χ1v) is 7.77. The lowest BCUT2D eigenvalue weighted by molar-refractivity contribution is -0.137. The van der Waals surface area contributed by atoms with Crippen LogP contribution >= 0.6 is 11.3 Å². The molecule has 114 valence electrons. The normalized spacial score (nSPS) is 11.4. The first kappa shape index (κ1) is 15.0. The Balaban J connectivity index is 1.91. The number of nitrogens with zero attached hydrogens (tertiary/aromatic N) is 2. The van der Waals surface area contributed by atoms with Gasteiger partial charge in [-0.15, -0.1) is 11.3 Å². The minimum absolute atomic E-state index is 0.1000. The van der Waals surface area contributed by atoms with E-state index in [2.05, 4.69) is 4.98 Å². The molecule has 0 bridgehead atoms. The summed E-state index contributed by atoms with van der Waals surface area (Å²) in [6.45, 7) is 1.90. The van der Waals surface area contributed by atoms with Gasteiger partial charge in [0.25, 0.3) is 0 Å². The molecular formula is C17H12N2O3S. The van der Waals surface area contributed by atoms with Crippen LogP contribution in [0.15, 0.2) is 46.4 Å². The molecule has 0 radical (unpaired) electrons. The van der Waals surface area contributed by atoms with E-state index in [0.717, 1.165) is 15.2 Å². The number of ether oxygens (including phenoxy) is 1. The highest BCUT2D eigenvalue weighted by atomic mass is 32.1. The third-order valence-electron chi connectivity index (χ3n) is 3.03. The van der Waals surface area contributed by atoms with Crippen LogP contribution in [-0.2, 0) is 9.53 Å². The highest BCUT2D eigenvalue weighted by molar-refractivity contribution is 7.21. The second-order valence-corrected chi connectivity index (χ2v) is 5.61.